The summed E-state index contributed by atoms with van der Waals surface area (Å²) in [4.78, 5) is 0. The third-order valence-corrected chi connectivity index (χ3v) is 2.95. The van der Waals surface area contributed by atoms with Crippen LogP contribution in [0.5, 0.6) is 0 Å². The number of ether oxygens (including phenoxy) is 1. The van der Waals surface area contributed by atoms with Crippen molar-refractivity contribution in [2.24, 2.45) is 11.8 Å². The van der Waals surface area contributed by atoms with Crippen molar-refractivity contribution in [2.45, 2.75) is 6.42 Å². The minimum absolute atomic E-state index is 0.421. The molecule has 0 bridgehead atoms. The van der Waals surface area contributed by atoms with E-state index in [4.69, 9.17) is 4.74 Å². The van der Waals surface area contributed by atoms with Gasteiger partial charge in [-0.2, -0.15) is 0 Å². The van der Waals surface area contributed by atoms with E-state index in [0.29, 0.717) is 11.8 Å². The highest BCUT2D eigenvalue weighted by molar-refractivity contribution is 5.39. The predicted molar refractivity (Wildman–Crippen MR) is 56.3 cm³/mol. The van der Waals surface area contributed by atoms with Crippen molar-refractivity contribution in [1.29, 1.82) is 0 Å². The van der Waals surface area contributed by atoms with Crippen LogP contribution in [0, 0.1) is 11.8 Å². The van der Waals surface area contributed by atoms with Crippen LogP contribution >= 0.6 is 0 Å². The van der Waals surface area contributed by atoms with Crippen molar-refractivity contribution >= 4 is 0 Å². The quantitative estimate of drug-likeness (QED) is 0.526. The second-order valence-electron chi connectivity index (χ2n) is 3.80. The van der Waals surface area contributed by atoms with Gasteiger partial charge in [-0.3, -0.25) is 0 Å². The molecule has 0 spiro atoms. The first-order valence-corrected chi connectivity index (χ1v) is 5.03. The molecule has 0 aromatic carbocycles. The highest BCUT2D eigenvalue weighted by atomic mass is 16.5. The van der Waals surface area contributed by atoms with E-state index in [-0.39, 0.29) is 0 Å². The van der Waals surface area contributed by atoms with Gasteiger partial charge in [0.2, 0.25) is 0 Å². The van der Waals surface area contributed by atoms with Crippen molar-refractivity contribution in [2.75, 3.05) is 0 Å². The van der Waals surface area contributed by atoms with Gasteiger partial charge in [0, 0.05) is 11.8 Å². The van der Waals surface area contributed by atoms with E-state index in [1.54, 1.807) is 0 Å². The first kappa shape index (κ1) is 7.86. The molecule has 2 unspecified atom stereocenters. The van der Waals surface area contributed by atoms with Gasteiger partial charge in [-0.1, -0.05) is 36.5 Å². The minimum Gasteiger partial charge on any atom is -0.469 e. The molecule has 0 fully saturated rings. The zero-order valence-electron chi connectivity index (χ0n) is 7.89. The van der Waals surface area contributed by atoms with Crippen molar-refractivity contribution in [3.63, 3.8) is 0 Å². The van der Waals surface area contributed by atoms with Crippen LogP contribution in [0.1, 0.15) is 6.42 Å². The molecule has 0 saturated heterocycles. The summed E-state index contributed by atoms with van der Waals surface area (Å²) >= 11 is 0. The first-order chi connectivity index (χ1) is 6.95. The highest BCUT2D eigenvalue weighted by Gasteiger charge is 2.29. The van der Waals surface area contributed by atoms with Crippen LogP contribution in [0.4, 0.5) is 0 Å². The Morgan fingerprint density at radius 3 is 3.14 bits per heavy atom. The molecule has 0 aromatic heterocycles. The molecule has 1 heteroatoms. The maximum Gasteiger partial charge on any atom is 0.107 e. The number of allylic oxidation sites excluding steroid dienone is 8. The molecule has 1 nitrogen and oxygen atoms in total. The van der Waals surface area contributed by atoms with E-state index < -0.39 is 0 Å². The zero-order valence-corrected chi connectivity index (χ0v) is 7.89. The summed E-state index contributed by atoms with van der Waals surface area (Å²) in [5, 5.41) is 0. The molecule has 3 aliphatic rings. The van der Waals surface area contributed by atoms with Crippen molar-refractivity contribution in [3.8, 4) is 0 Å². The van der Waals surface area contributed by atoms with E-state index in [1.165, 1.54) is 5.57 Å². The van der Waals surface area contributed by atoms with Crippen molar-refractivity contribution < 1.29 is 4.74 Å². The number of hydrogen-bond acceptors (Lipinski definition) is 1. The molecular weight excluding hydrogens is 172 g/mol. The summed E-state index contributed by atoms with van der Waals surface area (Å²) < 4.78 is 5.61. The van der Waals surface area contributed by atoms with Gasteiger partial charge in [0.05, 0.1) is 6.26 Å². The molecular formula is C13H12O. The second kappa shape index (κ2) is 3.02. The Morgan fingerprint density at radius 1 is 1.14 bits per heavy atom. The van der Waals surface area contributed by atoms with Gasteiger partial charge in [0.25, 0.3) is 0 Å². The average Bonchev–Trinajstić information content (AvgIpc) is 2.29. The Kier molecular flexibility index (Phi) is 1.69. The molecule has 1 aliphatic heterocycles. The smallest absolute Gasteiger partial charge is 0.107 e. The van der Waals surface area contributed by atoms with E-state index in [1.807, 2.05) is 6.26 Å². The van der Waals surface area contributed by atoms with Crippen LogP contribution in [-0.4, -0.2) is 0 Å². The van der Waals surface area contributed by atoms with Crippen molar-refractivity contribution in [1.82, 2.24) is 0 Å². The SMILES string of the molecule is C1=CC2=COC3=CCC=CC3C2C=C1. The summed E-state index contributed by atoms with van der Waals surface area (Å²) in [5.74, 6) is 2.02. The fourth-order valence-electron chi connectivity index (χ4n) is 2.22. The Morgan fingerprint density at radius 2 is 2.14 bits per heavy atom. The fraction of sp³-hybridized carbons (Fsp3) is 0.231. The monoisotopic (exact) mass is 184 g/mol. The molecule has 14 heavy (non-hydrogen) atoms. The highest BCUT2D eigenvalue weighted by Crippen LogP contribution is 2.38. The molecule has 0 radical (unpaired) electrons. The molecule has 2 aliphatic carbocycles. The number of fused-ring (bicyclic) bond motifs is 3. The van der Waals surface area contributed by atoms with Crippen LogP contribution < -0.4 is 0 Å². The van der Waals surface area contributed by atoms with Crippen LogP contribution in [0.3, 0.4) is 0 Å². The van der Waals surface area contributed by atoms with E-state index in [9.17, 15) is 0 Å². The maximum atomic E-state index is 5.61. The topological polar surface area (TPSA) is 9.23 Å². The lowest BCUT2D eigenvalue weighted by molar-refractivity contribution is 0.259. The number of hydrogen-bond donors (Lipinski definition) is 0. The number of rotatable bonds is 0. The lowest BCUT2D eigenvalue weighted by Gasteiger charge is -2.31. The molecule has 0 saturated carbocycles. The molecule has 3 rings (SSSR count). The molecule has 0 N–H and O–H groups in total. The van der Waals surface area contributed by atoms with Gasteiger partial charge in [-0.15, -0.1) is 0 Å². The Labute approximate surface area is 83.8 Å². The summed E-state index contributed by atoms with van der Waals surface area (Å²) in [6.45, 7) is 0. The fourth-order valence-corrected chi connectivity index (χ4v) is 2.22. The van der Waals surface area contributed by atoms with Crippen LogP contribution in [0.2, 0.25) is 0 Å². The summed E-state index contributed by atoms with van der Waals surface area (Å²) in [5.41, 5.74) is 1.28. The normalized spacial score (nSPS) is 32.6. The lowest BCUT2D eigenvalue weighted by atomic mass is 9.79. The van der Waals surface area contributed by atoms with Gasteiger partial charge in [0.15, 0.2) is 0 Å². The Balaban J connectivity index is 2.03. The van der Waals surface area contributed by atoms with Gasteiger partial charge < -0.3 is 4.74 Å². The van der Waals surface area contributed by atoms with Gasteiger partial charge >= 0.3 is 0 Å². The summed E-state index contributed by atoms with van der Waals surface area (Å²) in [6.07, 6.45) is 18.1. The van der Waals surface area contributed by atoms with Gasteiger partial charge in [-0.25, -0.2) is 0 Å². The Hall–Kier alpha value is -1.50. The third kappa shape index (κ3) is 1.09. The zero-order chi connectivity index (χ0) is 9.38. The largest absolute Gasteiger partial charge is 0.469 e. The van der Waals surface area contributed by atoms with E-state index >= 15 is 0 Å². The lowest BCUT2D eigenvalue weighted by Crippen LogP contribution is -2.22. The minimum atomic E-state index is 0.421. The average molecular weight is 184 g/mol. The Bertz CT molecular complexity index is 393. The van der Waals surface area contributed by atoms with Crippen LogP contribution in [0.25, 0.3) is 0 Å². The van der Waals surface area contributed by atoms with E-state index in [0.717, 1.165) is 12.2 Å². The maximum absolute atomic E-state index is 5.61. The van der Waals surface area contributed by atoms with Gasteiger partial charge in [-0.05, 0) is 18.1 Å². The van der Waals surface area contributed by atoms with Crippen LogP contribution in [0.15, 0.2) is 60.1 Å². The molecule has 0 amide bonds. The second-order valence-corrected chi connectivity index (χ2v) is 3.80. The predicted octanol–water partition coefficient (Wildman–Crippen LogP) is 3.10. The van der Waals surface area contributed by atoms with E-state index in [2.05, 4.69) is 42.5 Å². The molecule has 70 valence electrons. The molecule has 1 heterocycles. The molecule has 0 aromatic rings. The van der Waals surface area contributed by atoms with Crippen molar-refractivity contribution in [3.05, 3.63) is 60.1 Å². The van der Waals surface area contributed by atoms with Crippen LogP contribution in [-0.2, 0) is 4.74 Å². The standard InChI is InChI=1S/C13H12O/c1-2-6-11-10(5-1)9-14-13-8-4-3-7-12(11)13/h1-3,5-9,11-12H,4H2. The summed E-state index contributed by atoms with van der Waals surface area (Å²) in [7, 11) is 0. The third-order valence-electron chi connectivity index (χ3n) is 2.95. The summed E-state index contributed by atoms with van der Waals surface area (Å²) in [6, 6.07) is 0. The van der Waals surface area contributed by atoms with Gasteiger partial charge in [0.1, 0.15) is 5.76 Å². The first-order valence-electron chi connectivity index (χ1n) is 5.03. The molecule has 2 atom stereocenters.